The summed E-state index contributed by atoms with van der Waals surface area (Å²) < 4.78 is 4.63. The summed E-state index contributed by atoms with van der Waals surface area (Å²) in [6, 6.07) is 7.33. The molecule has 16 heavy (non-hydrogen) atoms. The van der Waals surface area contributed by atoms with Crippen LogP contribution in [0.1, 0.15) is 15.9 Å². The van der Waals surface area contributed by atoms with E-state index in [-0.39, 0.29) is 5.97 Å². The van der Waals surface area contributed by atoms with Crippen LogP contribution < -0.4 is 0 Å². The standard InChI is InChI=1S/C13H17NO2/c1-14(2)10-4-5-11-6-8-12(9-7-11)13(15)16-3/h4-9H,10H2,1-3H3. The number of rotatable bonds is 4. The molecule has 0 saturated carbocycles. The van der Waals surface area contributed by atoms with Gasteiger partial charge in [0, 0.05) is 6.54 Å². The third-order valence-electron chi connectivity index (χ3n) is 2.11. The molecule has 0 N–H and O–H groups in total. The zero-order valence-electron chi connectivity index (χ0n) is 9.93. The Hall–Kier alpha value is -1.61. The van der Waals surface area contributed by atoms with Crippen LogP contribution in [0.2, 0.25) is 0 Å². The lowest BCUT2D eigenvalue weighted by Gasteiger charge is -2.03. The maximum absolute atomic E-state index is 11.2. The topological polar surface area (TPSA) is 29.5 Å². The van der Waals surface area contributed by atoms with Crippen LogP contribution >= 0.6 is 0 Å². The van der Waals surface area contributed by atoms with Gasteiger partial charge in [-0.25, -0.2) is 4.79 Å². The molecule has 0 atom stereocenters. The van der Waals surface area contributed by atoms with Crippen LogP contribution in [0, 0.1) is 0 Å². The molecule has 1 aromatic rings. The van der Waals surface area contributed by atoms with Crippen molar-refractivity contribution in [2.24, 2.45) is 0 Å². The molecular weight excluding hydrogens is 202 g/mol. The summed E-state index contributed by atoms with van der Waals surface area (Å²) in [5.74, 6) is -0.302. The van der Waals surface area contributed by atoms with Gasteiger partial charge >= 0.3 is 5.97 Å². The van der Waals surface area contributed by atoms with Gasteiger partial charge in [-0.05, 0) is 31.8 Å². The summed E-state index contributed by atoms with van der Waals surface area (Å²) in [5, 5.41) is 0. The fraction of sp³-hybridized carbons (Fsp3) is 0.308. The van der Waals surface area contributed by atoms with Crippen molar-refractivity contribution in [3.63, 3.8) is 0 Å². The highest BCUT2D eigenvalue weighted by Gasteiger charge is 2.02. The highest BCUT2D eigenvalue weighted by Crippen LogP contribution is 2.07. The lowest BCUT2D eigenvalue weighted by molar-refractivity contribution is 0.0601. The van der Waals surface area contributed by atoms with Crippen molar-refractivity contribution in [2.45, 2.75) is 0 Å². The van der Waals surface area contributed by atoms with Gasteiger partial charge in [-0.3, -0.25) is 0 Å². The first-order valence-corrected chi connectivity index (χ1v) is 5.13. The molecule has 0 unspecified atom stereocenters. The van der Waals surface area contributed by atoms with Crippen molar-refractivity contribution in [1.29, 1.82) is 0 Å². The Labute approximate surface area is 96.3 Å². The second kappa shape index (κ2) is 6.08. The highest BCUT2D eigenvalue weighted by molar-refractivity contribution is 5.89. The van der Waals surface area contributed by atoms with Crippen LogP contribution in [0.15, 0.2) is 30.3 Å². The van der Waals surface area contributed by atoms with Crippen molar-refractivity contribution in [1.82, 2.24) is 4.90 Å². The van der Waals surface area contributed by atoms with Gasteiger partial charge in [-0.1, -0.05) is 24.3 Å². The molecule has 0 fully saturated rings. The number of carbonyl (C=O) groups excluding carboxylic acids is 1. The quantitative estimate of drug-likeness (QED) is 0.726. The number of carbonyl (C=O) groups is 1. The number of nitrogens with zero attached hydrogens (tertiary/aromatic N) is 1. The van der Waals surface area contributed by atoms with Crippen LogP contribution in [0.4, 0.5) is 0 Å². The lowest BCUT2D eigenvalue weighted by atomic mass is 10.1. The van der Waals surface area contributed by atoms with E-state index >= 15 is 0 Å². The molecule has 0 aliphatic heterocycles. The first-order chi connectivity index (χ1) is 7.63. The second-order valence-electron chi connectivity index (χ2n) is 3.78. The summed E-state index contributed by atoms with van der Waals surface area (Å²) in [5.41, 5.74) is 1.65. The van der Waals surface area contributed by atoms with E-state index in [9.17, 15) is 4.79 Å². The number of hydrogen-bond acceptors (Lipinski definition) is 3. The largest absolute Gasteiger partial charge is 0.465 e. The van der Waals surface area contributed by atoms with E-state index in [0.29, 0.717) is 5.56 Å². The van der Waals surface area contributed by atoms with E-state index in [1.54, 1.807) is 12.1 Å². The lowest BCUT2D eigenvalue weighted by Crippen LogP contribution is -2.10. The number of likely N-dealkylation sites (N-methyl/N-ethyl adjacent to an activating group) is 1. The Morgan fingerprint density at radius 3 is 2.44 bits per heavy atom. The van der Waals surface area contributed by atoms with Crippen molar-refractivity contribution < 1.29 is 9.53 Å². The molecule has 0 spiro atoms. The summed E-state index contributed by atoms with van der Waals surface area (Å²) >= 11 is 0. The predicted octanol–water partition coefficient (Wildman–Crippen LogP) is 2.05. The molecule has 3 nitrogen and oxygen atoms in total. The normalized spacial score (nSPS) is 11.0. The fourth-order valence-electron chi connectivity index (χ4n) is 1.25. The molecule has 1 rings (SSSR count). The molecule has 86 valence electrons. The van der Waals surface area contributed by atoms with E-state index in [4.69, 9.17) is 0 Å². The van der Waals surface area contributed by atoms with Gasteiger partial charge in [0.05, 0.1) is 12.7 Å². The van der Waals surface area contributed by atoms with Crippen molar-refractivity contribution in [3.05, 3.63) is 41.5 Å². The minimum absolute atomic E-state index is 0.302. The van der Waals surface area contributed by atoms with E-state index in [0.717, 1.165) is 12.1 Å². The monoisotopic (exact) mass is 219 g/mol. The van der Waals surface area contributed by atoms with Gasteiger partial charge in [0.2, 0.25) is 0 Å². The second-order valence-corrected chi connectivity index (χ2v) is 3.78. The Morgan fingerprint density at radius 1 is 1.31 bits per heavy atom. The average molecular weight is 219 g/mol. The molecule has 3 heteroatoms. The molecule has 0 aliphatic carbocycles. The number of ether oxygens (including phenoxy) is 1. The van der Waals surface area contributed by atoms with Crippen LogP contribution in [0.25, 0.3) is 6.08 Å². The van der Waals surface area contributed by atoms with E-state index < -0.39 is 0 Å². The van der Waals surface area contributed by atoms with Crippen molar-refractivity contribution in [3.8, 4) is 0 Å². The minimum atomic E-state index is -0.302. The number of methoxy groups -OCH3 is 1. The van der Waals surface area contributed by atoms with Gasteiger partial charge < -0.3 is 9.64 Å². The molecule has 0 aliphatic rings. The minimum Gasteiger partial charge on any atom is -0.465 e. The predicted molar refractivity (Wildman–Crippen MR) is 65.4 cm³/mol. The summed E-state index contributed by atoms with van der Waals surface area (Å²) in [6.07, 6.45) is 4.11. The van der Waals surface area contributed by atoms with Crippen LogP contribution in [0.5, 0.6) is 0 Å². The Kier molecular flexibility index (Phi) is 4.73. The Morgan fingerprint density at radius 2 is 1.94 bits per heavy atom. The first kappa shape index (κ1) is 12.5. The summed E-state index contributed by atoms with van der Waals surface area (Å²) in [4.78, 5) is 13.3. The van der Waals surface area contributed by atoms with E-state index in [1.165, 1.54) is 7.11 Å². The molecule has 0 heterocycles. The molecule has 1 aromatic carbocycles. The summed E-state index contributed by atoms with van der Waals surface area (Å²) in [6.45, 7) is 0.902. The Bertz CT molecular complexity index is 366. The molecular formula is C13H17NO2. The fourth-order valence-corrected chi connectivity index (χ4v) is 1.25. The Balaban J connectivity index is 2.64. The third-order valence-corrected chi connectivity index (χ3v) is 2.11. The van der Waals surface area contributed by atoms with Gasteiger partial charge in [-0.15, -0.1) is 0 Å². The summed E-state index contributed by atoms with van der Waals surface area (Å²) in [7, 11) is 5.42. The molecule has 0 saturated heterocycles. The van der Waals surface area contributed by atoms with Crippen LogP contribution in [-0.2, 0) is 4.74 Å². The van der Waals surface area contributed by atoms with E-state index in [1.807, 2.05) is 32.3 Å². The van der Waals surface area contributed by atoms with Gasteiger partial charge in [0.25, 0.3) is 0 Å². The molecule has 0 bridgehead atoms. The maximum Gasteiger partial charge on any atom is 0.337 e. The van der Waals surface area contributed by atoms with Crippen molar-refractivity contribution >= 4 is 12.0 Å². The highest BCUT2D eigenvalue weighted by atomic mass is 16.5. The zero-order chi connectivity index (χ0) is 12.0. The third kappa shape index (κ3) is 3.87. The van der Waals surface area contributed by atoms with Gasteiger partial charge in [0.1, 0.15) is 0 Å². The molecule has 0 radical (unpaired) electrons. The van der Waals surface area contributed by atoms with Crippen LogP contribution in [-0.4, -0.2) is 38.6 Å². The van der Waals surface area contributed by atoms with Crippen molar-refractivity contribution in [2.75, 3.05) is 27.7 Å². The van der Waals surface area contributed by atoms with Gasteiger partial charge in [-0.2, -0.15) is 0 Å². The zero-order valence-corrected chi connectivity index (χ0v) is 9.93. The first-order valence-electron chi connectivity index (χ1n) is 5.13. The van der Waals surface area contributed by atoms with Crippen LogP contribution in [0.3, 0.4) is 0 Å². The smallest absolute Gasteiger partial charge is 0.337 e. The molecule has 0 aromatic heterocycles. The maximum atomic E-state index is 11.2. The number of benzene rings is 1. The average Bonchev–Trinajstić information content (AvgIpc) is 2.28. The molecule has 0 amide bonds. The van der Waals surface area contributed by atoms with E-state index in [2.05, 4.69) is 15.7 Å². The number of esters is 1. The van der Waals surface area contributed by atoms with Gasteiger partial charge in [0.15, 0.2) is 0 Å². The SMILES string of the molecule is COC(=O)c1ccc(C=CCN(C)C)cc1. The number of hydrogen-bond donors (Lipinski definition) is 0.